The molecule has 0 aromatic carbocycles. The summed E-state index contributed by atoms with van der Waals surface area (Å²) in [5.74, 6) is -0.424. The maximum Gasteiger partial charge on any atom is 0.306 e. The van der Waals surface area contributed by atoms with Crippen LogP contribution in [-0.2, 0) is 23.8 Å². The summed E-state index contributed by atoms with van der Waals surface area (Å²) < 4.78 is 17.5. The van der Waals surface area contributed by atoms with E-state index in [2.05, 4.69) is 118 Å². The van der Waals surface area contributed by atoms with Crippen LogP contribution in [0.5, 0.6) is 0 Å². The number of ether oxygens (including phenoxy) is 3. The van der Waals surface area contributed by atoms with E-state index < -0.39 is 6.10 Å². The summed E-state index contributed by atoms with van der Waals surface area (Å²) in [7, 11) is 0. The first-order valence-electron chi connectivity index (χ1n) is 29.8. The molecular weight excluding hydrogens is 861 g/mol. The van der Waals surface area contributed by atoms with E-state index in [9.17, 15) is 9.59 Å². The van der Waals surface area contributed by atoms with Crippen LogP contribution in [-0.4, -0.2) is 37.9 Å². The topological polar surface area (TPSA) is 61.8 Å². The number of carbonyl (C=O) groups excluding carboxylic acids is 2. The van der Waals surface area contributed by atoms with E-state index in [4.69, 9.17) is 14.2 Å². The largest absolute Gasteiger partial charge is 0.462 e. The zero-order valence-electron chi connectivity index (χ0n) is 46.3. The molecule has 0 fully saturated rings. The molecule has 1 unspecified atom stereocenters. The normalized spacial score (nSPS) is 12.9. The van der Waals surface area contributed by atoms with Crippen LogP contribution in [0.25, 0.3) is 0 Å². The van der Waals surface area contributed by atoms with Gasteiger partial charge in [-0.05, 0) is 96.3 Å². The first-order chi connectivity index (χ1) is 34.6. The predicted octanol–water partition coefficient (Wildman–Crippen LogP) is 20.6. The fourth-order valence-electron chi connectivity index (χ4n) is 8.26. The Hall–Kier alpha value is -3.18. The molecule has 0 N–H and O–H groups in total. The van der Waals surface area contributed by atoms with Crippen molar-refractivity contribution in [3.8, 4) is 0 Å². The number of allylic oxidation sites excluding steroid dienone is 16. The molecule has 5 heteroatoms. The minimum absolute atomic E-state index is 0.0624. The van der Waals surface area contributed by atoms with Crippen LogP contribution in [0.3, 0.4) is 0 Å². The Morgan fingerprint density at radius 1 is 0.329 bits per heavy atom. The number of rotatable bonds is 54. The number of hydrogen-bond acceptors (Lipinski definition) is 5. The zero-order chi connectivity index (χ0) is 50.6. The minimum atomic E-state index is -0.564. The average molecular weight is 974 g/mol. The van der Waals surface area contributed by atoms with Crippen molar-refractivity contribution in [3.63, 3.8) is 0 Å². The molecule has 0 rings (SSSR count). The quantitative estimate of drug-likeness (QED) is 0.0345. The van der Waals surface area contributed by atoms with Crippen molar-refractivity contribution >= 4 is 11.9 Å². The van der Waals surface area contributed by atoms with Gasteiger partial charge < -0.3 is 14.2 Å². The van der Waals surface area contributed by atoms with E-state index >= 15 is 0 Å². The van der Waals surface area contributed by atoms with E-state index in [1.807, 2.05) is 0 Å². The number of esters is 2. The molecule has 0 aromatic rings. The maximum absolute atomic E-state index is 12.9. The minimum Gasteiger partial charge on any atom is -0.462 e. The van der Waals surface area contributed by atoms with Gasteiger partial charge in [-0.15, -0.1) is 0 Å². The summed E-state index contributed by atoms with van der Waals surface area (Å²) in [6.45, 7) is 7.55. The molecule has 0 saturated carbocycles. The van der Waals surface area contributed by atoms with Crippen LogP contribution in [0.2, 0.25) is 0 Å². The maximum atomic E-state index is 12.9. The fraction of sp³-hybridized carbons (Fsp3) is 0.723. The van der Waals surface area contributed by atoms with Crippen molar-refractivity contribution in [2.24, 2.45) is 0 Å². The molecule has 0 heterocycles. The number of carbonyl (C=O) groups is 2. The number of hydrogen-bond donors (Lipinski definition) is 0. The van der Waals surface area contributed by atoms with E-state index in [-0.39, 0.29) is 25.2 Å². The molecule has 402 valence electrons. The molecule has 0 amide bonds. The molecule has 0 aliphatic carbocycles. The molecule has 70 heavy (non-hydrogen) atoms. The molecule has 1 atom stereocenters. The van der Waals surface area contributed by atoms with Gasteiger partial charge in [0.25, 0.3) is 0 Å². The molecule has 0 aliphatic heterocycles. The van der Waals surface area contributed by atoms with Crippen molar-refractivity contribution in [3.05, 3.63) is 97.2 Å². The number of unbranched alkanes of at least 4 members (excludes halogenated alkanes) is 27. The fourth-order valence-corrected chi connectivity index (χ4v) is 8.26. The van der Waals surface area contributed by atoms with Crippen molar-refractivity contribution < 1.29 is 23.8 Å². The molecule has 0 aliphatic rings. The lowest BCUT2D eigenvalue weighted by molar-refractivity contribution is -0.163. The third kappa shape index (κ3) is 57.4. The Balaban J connectivity index is 4.34. The van der Waals surface area contributed by atoms with Crippen LogP contribution in [0.4, 0.5) is 0 Å². The highest BCUT2D eigenvalue weighted by atomic mass is 16.6. The van der Waals surface area contributed by atoms with Gasteiger partial charge in [0.1, 0.15) is 6.61 Å². The highest BCUT2D eigenvalue weighted by Crippen LogP contribution is 2.16. The van der Waals surface area contributed by atoms with Crippen LogP contribution in [0, 0.1) is 0 Å². The Bertz CT molecular complexity index is 1330. The van der Waals surface area contributed by atoms with Gasteiger partial charge in [-0.1, -0.05) is 266 Å². The Labute approximate surface area is 434 Å². The lowest BCUT2D eigenvalue weighted by atomic mass is 10.0. The van der Waals surface area contributed by atoms with Gasteiger partial charge in [0.15, 0.2) is 6.10 Å². The molecule has 5 nitrogen and oxygen atoms in total. The second kappa shape index (κ2) is 60.1. The van der Waals surface area contributed by atoms with Crippen molar-refractivity contribution in [1.82, 2.24) is 0 Å². The SMILES string of the molecule is CC/C=C\C/C=C\C/C=C\C/C=C\CCCCCCCCC(=O)OCC(COCCCCC/C=C\C/C=C\C/C=C\C/C=C\CC)OC(=O)CCCCCCCCCCCCCCCCCCCCC. The van der Waals surface area contributed by atoms with Gasteiger partial charge in [-0.25, -0.2) is 0 Å². The van der Waals surface area contributed by atoms with E-state index in [0.29, 0.717) is 19.4 Å². The molecule has 0 radical (unpaired) electrons. The second-order valence-electron chi connectivity index (χ2n) is 19.5. The first kappa shape index (κ1) is 66.8. The van der Waals surface area contributed by atoms with Crippen molar-refractivity contribution in [1.29, 1.82) is 0 Å². The Morgan fingerprint density at radius 2 is 0.643 bits per heavy atom. The van der Waals surface area contributed by atoms with Gasteiger partial charge in [-0.3, -0.25) is 9.59 Å². The standard InChI is InChI=1S/C65H112O5/c1-4-7-10-13-16-19-22-25-28-31-33-35-37-40-43-46-49-52-55-58-64(66)69-62-63(61-68-60-57-54-51-48-45-42-39-30-27-24-21-18-15-12-9-6-3)70-65(67)59-56-53-50-47-44-41-38-36-34-32-29-26-23-20-17-14-11-8-5-2/h7,9-10,12,16,18-19,21,25,27-28,30,33,35,42,45,63H,4-6,8,11,13-15,17,20,22-24,26,29,31-32,34,36-41,43-44,46-62H2,1-3H3/b10-7-,12-9-,19-16-,21-18-,28-25-,30-27-,35-33-,45-42-. The summed E-state index contributed by atoms with van der Waals surface area (Å²) in [6, 6.07) is 0. The van der Waals surface area contributed by atoms with Crippen LogP contribution in [0.15, 0.2) is 97.2 Å². The lowest BCUT2D eigenvalue weighted by Crippen LogP contribution is -2.30. The Kier molecular flexibility index (Phi) is 57.4. The highest BCUT2D eigenvalue weighted by molar-refractivity contribution is 5.70. The van der Waals surface area contributed by atoms with E-state index in [0.717, 1.165) is 116 Å². The van der Waals surface area contributed by atoms with Gasteiger partial charge >= 0.3 is 11.9 Å². The van der Waals surface area contributed by atoms with Crippen molar-refractivity contribution in [2.75, 3.05) is 19.8 Å². The molecule has 0 bridgehead atoms. The summed E-state index contributed by atoms with van der Waals surface area (Å²) >= 11 is 0. The molecule has 0 spiro atoms. The monoisotopic (exact) mass is 973 g/mol. The van der Waals surface area contributed by atoms with Crippen molar-refractivity contribution in [2.45, 2.75) is 284 Å². The van der Waals surface area contributed by atoms with Gasteiger partial charge in [-0.2, -0.15) is 0 Å². The predicted molar refractivity (Wildman–Crippen MR) is 306 cm³/mol. The summed E-state index contributed by atoms with van der Waals surface area (Å²) in [6.07, 6.45) is 81.5. The summed E-state index contributed by atoms with van der Waals surface area (Å²) in [4.78, 5) is 25.6. The molecular formula is C65H112O5. The Morgan fingerprint density at radius 3 is 1.03 bits per heavy atom. The van der Waals surface area contributed by atoms with Crippen LogP contribution < -0.4 is 0 Å². The third-order valence-corrected chi connectivity index (χ3v) is 12.6. The second-order valence-corrected chi connectivity index (χ2v) is 19.5. The summed E-state index contributed by atoms with van der Waals surface area (Å²) in [5, 5.41) is 0. The third-order valence-electron chi connectivity index (χ3n) is 12.6. The first-order valence-corrected chi connectivity index (χ1v) is 29.8. The smallest absolute Gasteiger partial charge is 0.306 e. The molecule has 0 saturated heterocycles. The average Bonchev–Trinajstić information content (AvgIpc) is 3.36. The summed E-state index contributed by atoms with van der Waals surface area (Å²) in [5.41, 5.74) is 0. The van der Waals surface area contributed by atoms with Gasteiger partial charge in [0, 0.05) is 19.4 Å². The van der Waals surface area contributed by atoms with Crippen LogP contribution in [0.1, 0.15) is 278 Å². The highest BCUT2D eigenvalue weighted by Gasteiger charge is 2.17. The van der Waals surface area contributed by atoms with E-state index in [1.165, 1.54) is 128 Å². The van der Waals surface area contributed by atoms with E-state index in [1.54, 1.807) is 0 Å². The lowest BCUT2D eigenvalue weighted by Gasteiger charge is -2.18. The zero-order valence-corrected chi connectivity index (χ0v) is 46.3. The van der Waals surface area contributed by atoms with Gasteiger partial charge in [0.05, 0.1) is 6.61 Å². The van der Waals surface area contributed by atoms with Gasteiger partial charge in [0.2, 0.25) is 0 Å². The molecule has 0 aromatic heterocycles. The van der Waals surface area contributed by atoms with Crippen LogP contribution >= 0.6 is 0 Å².